The van der Waals surface area contributed by atoms with E-state index >= 15 is 0 Å². The second-order valence-electron chi connectivity index (χ2n) is 3.34. The SMILES string of the molecule is ClCc1cncc(-c2ccc(Cl)c(Cl)c2)c1. The standard InChI is InChI=1S/C12H8Cl3N/c13-5-8-3-10(7-16-6-8)9-1-2-11(14)12(15)4-9/h1-4,6-7H,5H2. The van der Waals surface area contributed by atoms with E-state index in [1.807, 2.05) is 18.2 Å². The highest BCUT2D eigenvalue weighted by atomic mass is 35.5. The molecule has 0 aliphatic carbocycles. The molecule has 0 amide bonds. The van der Waals surface area contributed by atoms with Gasteiger partial charge in [-0.3, -0.25) is 4.98 Å². The van der Waals surface area contributed by atoms with Crippen molar-refractivity contribution in [3.05, 3.63) is 52.3 Å². The van der Waals surface area contributed by atoms with Gasteiger partial charge in [-0.25, -0.2) is 0 Å². The fraction of sp³-hybridized carbons (Fsp3) is 0.0833. The molecule has 1 nitrogen and oxygen atoms in total. The summed E-state index contributed by atoms with van der Waals surface area (Å²) in [6.07, 6.45) is 3.52. The van der Waals surface area contributed by atoms with Crippen LogP contribution in [0.3, 0.4) is 0 Å². The van der Waals surface area contributed by atoms with Crippen LogP contribution in [0.4, 0.5) is 0 Å². The van der Waals surface area contributed by atoms with Crippen LogP contribution in [0.1, 0.15) is 5.56 Å². The molecule has 0 spiro atoms. The summed E-state index contributed by atoms with van der Waals surface area (Å²) in [7, 11) is 0. The lowest BCUT2D eigenvalue weighted by Crippen LogP contribution is -1.85. The van der Waals surface area contributed by atoms with Crippen LogP contribution in [0.2, 0.25) is 10.0 Å². The summed E-state index contributed by atoms with van der Waals surface area (Å²) >= 11 is 17.6. The summed E-state index contributed by atoms with van der Waals surface area (Å²) in [6.45, 7) is 0. The summed E-state index contributed by atoms with van der Waals surface area (Å²) < 4.78 is 0. The first-order valence-electron chi connectivity index (χ1n) is 4.66. The molecule has 0 N–H and O–H groups in total. The lowest BCUT2D eigenvalue weighted by atomic mass is 10.1. The van der Waals surface area contributed by atoms with Gasteiger partial charge in [0.25, 0.3) is 0 Å². The summed E-state index contributed by atoms with van der Waals surface area (Å²) in [4.78, 5) is 4.12. The van der Waals surface area contributed by atoms with E-state index in [9.17, 15) is 0 Å². The molecule has 0 aliphatic rings. The second-order valence-corrected chi connectivity index (χ2v) is 4.43. The molecule has 2 rings (SSSR count). The molecular formula is C12H8Cl3N. The number of nitrogens with zero attached hydrogens (tertiary/aromatic N) is 1. The van der Waals surface area contributed by atoms with Gasteiger partial charge in [-0.2, -0.15) is 0 Å². The maximum atomic E-state index is 5.96. The monoisotopic (exact) mass is 271 g/mol. The van der Waals surface area contributed by atoms with Gasteiger partial charge < -0.3 is 0 Å². The minimum atomic E-state index is 0.447. The van der Waals surface area contributed by atoms with Gasteiger partial charge in [-0.05, 0) is 29.3 Å². The Kier molecular flexibility index (Phi) is 3.70. The number of alkyl halides is 1. The molecule has 0 atom stereocenters. The third-order valence-corrected chi connectivity index (χ3v) is 3.25. The van der Waals surface area contributed by atoms with E-state index in [0.29, 0.717) is 15.9 Å². The summed E-state index contributed by atoms with van der Waals surface area (Å²) in [5, 5.41) is 1.09. The zero-order chi connectivity index (χ0) is 11.5. The number of benzene rings is 1. The van der Waals surface area contributed by atoms with E-state index in [0.717, 1.165) is 16.7 Å². The van der Waals surface area contributed by atoms with E-state index in [1.165, 1.54) is 0 Å². The normalized spacial score (nSPS) is 10.4. The van der Waals surface area contributed by atoms with Crippen LogP contribution in [0.25, 0.3) is 11.1 Å². The number of aromatic nitrogens is 1. The van der Waals surface area contributed by atoms with Gasteiger partial charge >= 0.3 is 0 Å². The van der Waals surface area contributed by atoms with Crippen molar-refractivity contribution >= 4 is 34.8 Å². The Bertz CT molecular complexity index is 511. The predicted octanol–water partition coefficient (Wildman–Crippen LogP) is 4.79. The van der Waals surface area contributed by atoms with E-state index < -0.39 is 0 Å². The van der Waals surface area contributed by atoms with Gasteiger partial charge in [0.1, 0.15) is 0 Å². The molecule has 16 heavy (non-hydrogen) atoms. The molecule has 1 aromatic carbocycles. The Labute approximate surface area is 109 Å². The van der Waals surface area contributed by atoms with Gasteiger partial charge in [0, 0.05) is 23.8 Å². The number of hydrogen-bond acceptors (Lipinski definition) is 1. The molecule has 0 saturated heterocycles. The first-order chi connectivity index (χ1) is 7.70. The molecule has 0 aliphatic heterocycles. The zero-order valence-electron chi connectivity index (χ0n) is 8.25. The van der Waals surface area contributed by atoms with Crippen molar-refractivity contribution in [2.75, 3.05) is 0 Å². The summed E-state index contributed by atoms with van der Waals surface area (Å²) in [6, 6.07) is 7.48. The Morgan fingerprint density at radius 3 is 2.44 bits per heavy atom. The smallest absolute Gasteiger partial charge is 0.0598 e. The molecule has 2 aromatic rings. The van der Waals surface area contributed by atoms with E-state index in [1.54, 1.807) is 18.5 Å². The topological polar surface area (TPSA) is 12.9 Å². The Morgan fingerprint density at radius 1 is 0.938 bits per heavy atom. The maximum absolute atomic E-state index is 5.96. The van der Waals surface area contributed by atoms with Crippen molar-refractivity contribution in [3.8, 4) is 11.1 Å². The molecule has 1 heterocycles. The maximum Gasteiger partial charge on any atom is 0.0598 e. The van der Waals surface area contributed by atoms with E-state index in [2.05, 4.69) is 4.98 Å². The van der Waals surface area contributed by atoms with Crippen molar-refractivity contribution in [2.45, 2.75) is 5.88 Å². The molecule has 0 bridgehead atoms. The summed E-state index contributed by atoms with van der Waals surface area (Å²) in [5.74, 6) is 0.447. The lowest BCUT2D eigenvalue weighted by molar-refractivity contribution is 1.25. The molecular weight excluding hydrogens is 264 g/mol. The van der Waals surface area contributed by atoms with Gasteiger partial charge in [0.05, 0.1) is 10.0 Å². The predicted molar refractivity (Wildman–Crippen MR) is 69.3 cm³/mol. The largest absolute Gasteiger partial charge is 0.264 e. The van der Waals surface area contributed by atoms with E-state index in [-0.39, 0.29) is 0 Å². The van der Waals surface area contributed by atoms with Crippen LogP contribution in [0.5, 0.6) is 0 Å². The van der Waals surface area contributed by atoms with Gasteiger partial charge in [0.2, 0.25) is 0 Å². The Hall–Kier alpha value is -0.760. The fourth-order valence-corrected chi connectivity index (χ4v) is 1.84. The lowest BCUT2D eigenvalue weighted by Gasteiger charge is -2.04. The third-order valence-electron chi connectivity index (χ3n) is 2.20. The van der Waals surface area contributed by atoms with Gasteiger partial charge in [-0.15, -0.1) is 11.6 Å². The molecule has 82 valence electrons. The van der Waals surface area contributed by atoms with Crippen LogP contribution in [0, 0.1) is 0 Å². The van der Waals surface area contributed by atoms with Crippen LogP contribution >= 0.6 is 34.8 Å². The highest BCUT2D eigenvalue weighted by Crippen LogP contribution is 2.28. The minimum Gasteiger partial charge on any atom is -0.264 e. The number of rotatable bonds is 2. The minimum absolute atomic E-state index is 0.447. The van der Waals surface area contributed by atoms with E-state index in [4.69, 9.17) is 34.8 Å². The average Bonchev–Trinajstić information content (AvgIpc) is 2.33. The molecule has 0 saturated carbocycles. The van der Waals surface area contributed by atoms with Crippen molar-refractivity contribution < 1.29 is 0 Å². The Morgan fingerprint density at radius 2 is 1.75 bits per heavy atom. The van der Waals surface area contributed by atoms with Crippen LogP contribution in [-0.2, 0) is 5.88 Å². The second kappa shape index (κ2) is 5.05. The first-order valence-corrected chi connectivity index (χ1v) is 5.95. The van der Waals surface area contributed by atoms with Gasteiger partial charge in [0.15, 0.2) is 0 Å². The molecule has 1 aromatic heterocycles. The van der Waals surface area contributed by atoms with Crippen LogP contribution in [-0.4, -0.2) is 4.98 Å². The van der Waals surface area contributed by atoms with Crippen LogP contribution < -0.4 is 0 Å². The third kappa shape index (κ3) is 2.49. The van der Waals surface area contributed by atoms with Crippen molar-refractivity contribution in [3.63, 3.8) is 0 Å². The molecule has 4 heteroatoms. The molecule has 0 radical (unpaired) electrons. The van der Waals surface area contributed by atoms with Crippen LogP contribution in [0.15, 0.2) is 36.7 Å². The number of hydrogen-bond donors (Lipinski definition) is 0. The van der Waals surface area contributed by atoms with Gasteiger partial charge in [-0.1, -0.05) is 29.3 Å². The number of pyridine rings is 1. The average molecular weight is 273 g/mol. The Balaban J connectivity index is 2.46. The van der Waals surface area contributed by atoms with Crippen molar-refractivity contribution in [2.24, 2.45) is 0 Å². The summed E-state index contributed by atoms with van der Waals surface area (Å²) in [5.41, 5.74) is 2.94. The zero-order valence-corrected chi connectivity index (χ0v) is 10.5. The highest BCUT2D eigenvalue weighted by Gasteiger charge is 2.03. The van der Waals surface area contributed by atoms with Crippen molar-refractivity contribution in [1.29, 1.82) is 0 Å². The quantitative estimate of drug-likeness (QED) is 0.716. The molecule has 0 fully saturated rings. The fourth-order valence-electron chi connectivity index (χ4n) is 1.39. The first kappa shape index (κ1) is 11.7. The highest BCUT2D eigenvalue weighted by molar-refractivity contribution is 6.42. The van der Waals surface area contributed by atoms with Crippen molar-refractivity contribution in [1.82, 2.24) is 4.98 Å². The molecule has 0 unspecified atom stereocenters. The number of halogens is 3.